The van der Waals surface area contributed by atoms with E-state index in [1.54, 1.807) is 18.2 Å². The van der Waals surface area contributed by atoms with E-state index in [1.807, 2.05) is 18.7 Å². The first-order valence-corrected chi connectivity index (χ1v) is 14.4. The van der Waals surface area contributed by atoms with Gasteiger partial charge in [-0.15, -0.1) is 0 Å². The lowest BCUT2D eigenvalue weighted by Gasteiger charge is -2.56. The summed E-state index contributed by atoms with van der Waals surface area (Å²) >= 11 is 0. The van der Waals surface area contributed by atoms with Crippen LogP contribution in [0.1, 0.15) is 65.2 Å². The Labute approximate surface area is 203 Å². The Bertz CT molecular complexity index is 1030. The second-order valence-corrected chi connectivity index (χ2v) is 12.9. The van der Waals surface area contributed by atoms with Gasteiger partial charge in [-0.25, -0.2) is 8.42 Å². The number of carbonyl (C=O) groups excluding carboxylic acids is 2. The smallest absolute Gasteiger partial charge is 0.247 e. The average Bonchev–Trinajstić information content (AvgIpc) is 3.28. The first-order valence-electron chi connectivity index (χ1n) is 13.0. The third-order valence-electron chi connectivity index (χ3n) is 8.75. The van der Waals surface area contributed by atoms with Gasteiger partial charge in [0.25, 0.3) is 0 Å². The number of amides is 2. The number of hydrogen-bond acceptors (Lipinski definition) is 4. The second-order valence-electron chi connectivity index (χ2n) is 11.0. The molecule has 7 nitrogen and oxygen atoms in total. The van der Waals surface area contributed by atoms with Crippen molar-refractivity contribution in [2.45, 2.75) is 76.2 Å². The average molecular weight is 488 g/mol. The van der Waals surface area contributed by atoms with Gasteiger partial charge in [-0.1, -0.05) is 19.9 Å². The van der Waals surface area contributed by atoms with Crippen LogP contribution in [0.3, 0.4) is 0 Å². The lowest BCUT2D eigenvalue weighted by Crippen LogP contribution is -2.56. The number of nitrogens with one attached hydrogen (secondary N) is 1. The van der Waals surface area contributed by atoms with Gasteiger partial charge in [-0.2, -0.15) is 4.31 Å². The number of hydrogen-bond donors (Lipinski definition) is 1. The Balaban J connectivity index is 1.31. The normalized spacial score (nSPS) is 32.4. The van der Waals surface area contributed by atoms with Crippen molar-refractivity contribution >= 4 is 27.5 Å². The van der Waals surface area contributed by atoms with E-state index in [1.165, 1.54) is 29.6 Å². The number of likely N-dealkylation sites (tertiary alicyclic amines) is 1. The molecule has 4 saturated carbocycles. The quantitative estimate of drug-likeness (QED) is 0.633. The van der Waals surface area contributed by atoms with Gasteiger partial charge < -0.3 is 10.2 Å². The number of carbonyl (C=O) groups is 2. The van der Waals surface area contributed by atoms with E-state index >= 15 is 0 Å². The van der Waals surface area contributed by atoms with Gasteiger partial charge in [0.05, 0.1) is 10.3 Å². The van der Waals surface area contributed by atoms with E-state index in [-0.39, 0.29) is 22.1 Å². The van der Waals surface area contributed by atoms with Gasteiger partial charge in [0.2, 0.25) is 21.8 Å². The van der Waals surface area contributed by atoms with Crippen LogP contribution in [0.25, 0.3) is 0 Å². The van der Waals surface area contributed by atoms with Crippen molar-refractivity contribution in [1.29, 1.82) is 0 Å². The van der Waals surface area contributed by atoms with Gasteiger partial charge in [0.1, 0.15) is 6.04 Å². The molecule has 5 fully saturated rings. The standard InChI is InChI=1S/C26H37N3O4S/c1-3-28(4-2)34(32,33)22-8-5-7-21(14-22)27-24(30)23-9-6-10-29(23)25(31)26-15-18-11-19(16-26)13-20(12-18)17-26/h5,7-8,14,18-20,23H,3-4,6,9-13,15-17H2,1-2H3,(H,27,30)/t18?,19?,20?,23-,26?/m0/s1. The third-order valence-corrected chi connectivity index (χ3v) is 10.8. The van der Waals surface area contributed by atoms with Crippen LogP contribution in [0.2, 0.25) is 0 Å². The van der Waals surface area contributed by atoms with Crippen LogP contribution in [-0.4, -0.2) is 55.1 Å². The molecule has 2 amide bonds. The Hall–Kier alpha value is -1.93. The molecule has 0 unspecified atom stereocenters. The minimum Gasteiger partial charge on any atom is -0.330 e. The SMILES string of the molecule is CCN(CC)S(=O)(=O)c1cccc(NC(=O)[C@@H]2CCCN2C(=O)C23CC4CC(CC(C4)C2)C3)c1. The molecule has 6 rings (SSSR count). The van der Waals surface area contributed by atoms with Gasteiger partial charge in [0, 0.05) is 25.3 Å². The van der Waals surface area contributed by atoms with Gasteiger partial charge >= 0.3 is 0 Å². The van der Waals surface area contributed by atoms with Gasteiger partial charge in [0.15, 0.2) is 0 Å². The van der Waals surface area contributed by atoms with Crippen LogP contribution in [-0.2, 0) is 19.6 Å². The maximum Gasteiger partial charge on any atom is 0.247 e. The molecule has 4 aliphatic carbocycles. The molecule has 1 atom stereocenters. The number of nitrogens with zero attached hydrogens (tertiary/aromatic N) is 2. The monoisotopic (exact) mass is 487 g/mol. The van der Waals surface area contributed by atoms with E-state index in [4.69, 9.17) is 0 Å². The molecule has 1 aliphatic heterocycles. The summed E-state index contributed by atoms with van der Waals surface area (Å²) in [5, 5.41) is 2.91. The molecule has 186 valence electrons. The molecule has 0 spiro atoms. The minimum atomic E-state index is -3.61. The van der Waals surface area contributed by atoms with Gasteiger partial charge in [-0.05, 0) is 87.3 Å². The summed E-state index contributed by atoms with van der Waals surface area (Å²) < 4.78 is 27.2. The summed E-state index contributed by atoms with van der Waals surface area (Å²) in [5.74, 6) is 2.02. The van der Waals surface area contributed by atoms with Crippen LogP contribution in [0, 0.1) is 23.2 Å². The van der Waals surface area contributed by atoms with E-state index < -0.39 is 16.1 Å². The predicted octanol–water partition coefficient (Wildman–Crippen LogP) is 3.86. The first-order chi connectivity index (χ1) is 16.3. The highest BCUT2D eigenvalue weighted by atomic mass is 32.2. The zero-order chi connectivity index (χ0) is 24.1. The molecule has 0 aromatic heterocycles. The van der Waals surface area contributed by atoms with Crippen molar-refractivity contribution in [2.75, 3.05) is 25.0 Å². The largest absolute Gasteiger partial charge is 0.330 e. The van der Waals surface area contributed by atoms with E-state index in [2.05, 4.69) is 5.32 Å². The summed E-state index contributed by atoms with van der Waals surface area (Å²) in [6.45, 7) is 5.02. The molecule has 5 aliphatic rings. The Morgan fingerprint density at radius 1 is 1.06 bits per heavy atom. The highest BCUT2D eigenvalue weighted by Gasteiger charge is 2.56. The van der Waals surface area contributed by atoms with Crippen LogP contribution >= 0.6 is 0 Å². The summed E-state index contributed by atoms with van der Waals surface area (Å²) in [5.41, 5.74) is 0.197. The number of sulfonamides is 1. The van der Waals surface area contributed by atoms with Crippen LogP contribution in [0.4, 0.5) is 5.69 Å². The zero-order valence-corrected chi connectivity index (χ0v) is 21.1. The fraction of sp³-hybridized carbons (Fsp3) is 0.692. The maximum absolute atomic E-state index is 13.9. The molecular formula is C26H37N3O4S. The van der Waals surface area contributed by atoms with Crippen LogP contribution in [0.5, 0.6) is 0 Å². The zero-order valence-electron chi connectivity index (χ0n) is 20.3. The fourth-order valence-electron chi connectivity index (χ4n) is 7.63. The molecule has 1 saturated heterocycles. The van der Waals surface area contributed by atoms with Crippen molar-refractivity contribution in [2.24, 2.45) is 23.2 Å². The minimum absolute atomic E-state index is 0.168. The van der Waals surface area contributed by atoms with Crippen molar-refractivity contribution < 1.29 is 18.0 Å². The second kappa shape index (κ2) is 8.94. The van der Waals surface area contributed by atoms with Crippen LogP contribution < -0.4 is 5.32 Å². The topological polar surface area (TPSA) is 86.8 Å². The lowest BCUT2D eigenvalue weighted by atomic mass is 9.49. The van der Waals surface area contributed by atoms with E-state index in [0.717, 1.165) is 25.7 Å². The fourth-order valence-corrected chi connectivity index (χ4v) is 9.14. The molecule has 1 N–H and O–H groups in total. The number of rotatable bonds is 7. The Kier molecular flexibility index (Phi) is 6.25. The van der Waals surface area contributed by atoms with Crippen molar-refractivity contribution in [1.82, 2.24) is 9.21 Å². The van der Waals surface area contributed by atoms with Crippen molar-refractivity contribution in [3.05, 3.63) is 24.3 Å². The molecule has 1 heterocycles. The highest BCUT2D eigenvalue weighted by Crippen LogP contribution is 2.60. The molecule has 0 radical (unpaired) electrons. The van der Waals surface area contributed by atoms with E-state index in [0.29, 0.717) is 49.5 Å². The molecule has 8 heteroatoms. The summed E-state index contributed by atoms with van der Waals surface area (Å²) in [6.07, 6.45) is 8.30. The molecule has 34 heavy (non-hydrogen) atoms. The first kappa shape index (κ1) is 23.8. The lowest BCUT2D eigenvalue weighted by molar-refractivity contribution is -0.160. The summed E-state index contributed by atoms with van der Waals surface area (Å²) in [7, 11) is -3.61. The highest BCUT2D eigenvalue weighted by molar-refractivity contribution is 7.89. The summed E-state index contributed by atoms with van der Waals surface area (Å²) in [6, 6.07) is 5.95. The van der Waals surface area contributed by atoms with Crippen molar-refractivity contribution in [3.63, 3.8) is 0 Å². The Morgan fingerprint density at radius 2 is 1.68 bits per heavy atom. The molecule has 1 aromatic rings. The molecule has 4 bridgehead atoms. The Morgan fingerprint density at radius 3 is 2.26 bits per heavy atom. The number of anilines is 1. The third kappa shape index (κ3) is 4.06. The van der Waals surface area contributed by atoms with Crippen LogP contribution in [0.15, 0.2) is 29.2 Å². The maximum atomic E-state index is 13.9. The molecule has 1 aromatic carbocycles. The van der Waals surface area contributed by atoms with Gasteiger partial charge in [-0.3, -0.25) is 9.59 Å². The predicted molar refractivity (Wildman–Crippen MR) is 131 cm³/mol. The van der Waals surface area contributed by atoms with Crippen molar-refractivity contribution in [3.8, 4) is 0 Å². The summed E-state index contributed by atoms with van der Waals surface area (Å²) in [4.78, 5) is 29.2. The van der Waals surface area contributed by atoms with E-state index in [9.17, 15) is 18.0 Å². The number of benzene rings is 1. The molecular weight excluding hydrogens is 450 g/mol.